The van der Waals surface area contributed by atoms with Gasteiger partial charge in [0.2, 0.25) is 0 Å². The Balaban J connectivity index is 1.46. The third kappa shape index (κ3) is 4.29. The summed E-state index contributed by atoms with van der Waals surface area (Å²) in [5, 5.41) is 2.84. The zero-order valence-electron chi connectivity index (χ0n) is 14.4. The van der Waals surface area contributed by atoms with Gasteiger partial charge in [-0.25, -0.2) is 4.98 Å². The van der Waals surface area contributed by atoms with Gasteiger partial charge in [-0.15, -0.1) is 0 Å². The SMILES string of the molecule is COc1cc(C)ccc1OCC(=O)NCCc1cn2ccccc2n1. The van der Waals surface area contributed by atoms with E-state index in [1.54, 1.807) is 13.2 Å². The molecule has 0 atom stereocenters. The van der Waals surface area contributed by atoms with Gasteiger partial charge >= 0.3 is 0 Å². The summed E-state index contributed by atoms with van der Waals surface area (Å²) in [5.41, 5.74) is 2.91. The number of hydrogen-bond donors (Lipinski definition) is 1. The minimum atomic E-state index is -0.175. The van der Waals surface area contributed by atoms with Crippen LogP contribution in [0.4, 0.5) is 0 Å². The number of nitrogens with zero attached hydrogens (tertiary/aromatic N) is 2. The summed E-state index contributed by atoms with van der Waals surface area (Å²) in [7, 11) is 1.58. The molecule has 6 nitrogen and oxygen atoms in total. The van der Waals surface area contributed by atoms with Crippen molar-refractivity contribution in [2.45, 2.75) is 13.3 Å². The standard InChI is InChI=1S/C19H21N3O3/c1-14-6-7-16(17(11-14)24-2)25-13-19(23)20-9-8-15-12-22-10-4-3-5-18(22)21-15/h3-7,10-12H,8-9,13H2,1-2H3,(H,20,23). The Morgan fingerprint density at radius 1 is 1.24 bits per heavy atom. The Bertz CT molecular complexity index is 840. The zero-order valence-corrected chi connectivity index (χ0v) is 14.4. The first-order valence-corrected chi connectivity index (χ1v) is 8.12. The molecule has 1 N–H and O–H groups in total. The predicted octanol–water partition coefficient (Wildman–Crippen LogP) is 2.39. The summed E-state index contributed by atoms with van der Waals surface area (Å²) in [6, 6.07) is 11.4. The van der Waals surface area contributed by atoms with E-state index in [4.69, 9.17) is 9.47 Å². The topological polar surface area (TPSA) is 64.9 Å². The lowest BCUT2D eigenvalue weighted by Gasteiger charge is -2.11. The summed E-state index contributed by atoms with van der Waals surface area (Å²) in [6.07, 6.45) is 4.59. The number of fused-ring (bicyclic) bond motifs is 1. The lowest BCUT2D eigenvalue weighted by Crippen LogP contribution is -2.30. The van der Waals surface area contributed by atoms with E-state index >= 15 is 0 Å². The van der Waals surface area contributed by atoms with E-state index in [1.807, 2.05) is 54.0 Å². The number of nitrogens with one attached hydrogen (secondary N) is 1. The van der Waals surface area contributed by atoms with E-state index in [-0.39, 0.29) is 12.5 Å². The van der Waals surface area contributed by atoms with Gasteiger partial charge in [0.15, 0.2) is 18.1 Å². The van der Waals surface area contributed by atoms with Crippen molar-refractivity contribution < 1.29 is 14.3 Å². The molecule has 3 aromatic rings. The van der Waals surface area contributed by atoms with Gasteiger partial charge in [-0.2, -0.15) is 0 Å². The molecule has 6 heteroatoms. The van der Waals surface area contributed by atoms with Gasteiger partial charge in [0.05, 0.1) is 12.8 Å². The first-order valence-electron chi connectivity index (χ1n) is 8.12. The number of methoxy groups -OCH3 is 1. The van der Waals surface area contributed by atoms with Crippen LogP contribution in [-0.4, -0.2) is 35.6 Å². The molecule has 0 unspecified atom stereocenters. The summed E-state index contributed by atoms with van der Waals surface area (Å²) in [5.74, 6) is 1.01. The normalized spacial score (nSPS) is 10.6. The lowest BCUT2D eigenvalue weighted by molar-refractivity contribution is -0.123. The monoisotopic (exact) mass is 339 g/mol. The van der Waals surface area contributed by atoms with Crippen LogP contribution in [-0.2, 0) is 11.2 Å². The van der Waals surface area contributed by atoms with Crippen LogP contribution < -0.4 is 14.8 Å². The highest BCUT2D eigenvalue weighted by atomic mass is 16.5. The summed E-state index contributed by atoms with van der Waals surface area (Å²) in [4.78, 5) is 16.4. The number of hydrogen-bond acceptors (Lipinski definition) is 4. The quantitative estimate of drug-likeness (QED) is 0.718. The molecule has 0 saturated heterocycles. The van der Waals surface area contributed by atoms with Crippen molar-refractivity contribution >= 4 is 11.6 Å². The van der Waals surface area contributed by atoms with E-state index in [9.17, 15) is 4.79 Å². The van der Waals surface area contributed by atoms with E-state index < -0.39 is 0 Å². The Hall–Kier alpha value is -3.02. The maximum atomic E-state index is 11.9. The lowest BCUT2D eigenvalue weighted by atomic mass is 10.2. The zero-order chi connectivity index (χ0) is 17.6. The highest BCUT2D eigenvalue weighted by Crippen LogP contribution is 2.27. The van der Waals surface area contributed by atoms with Crippen LogP contribution in [0.15, 0.2) is 48.8 Å². The molecule has 2 aromatic heterocycles. The molecule has 2 heterocycles. The molecule has 0 fully saturated rings. The van der Waals surface area contributed by atoms with Gasteiger partial charge in [0, 0.05) is 25.4 Å². The third-order valence-electron chi connectivity index (χ3n) is 3.80. The second-order valence-corrected chi connectivity index (χ2v) is 5.74. The summed E-state index contributed by atoms with van der Waals surface area (Å²) >= 11 is 0. The van der Waals surface area contributed by atoms with E-state index in [0.29, 0.717) is 24.5 Å². The maximum Gasteiger partial charge on any atom is 0.257 e. The van der Waals surface area contributed by atoms with Gasteiger partial charge in [0.25, 0.3) is 5.91 Å². The molecule has 0 bridgehead atoms. The van der Waals surface area contributed by atoms with Crippen molar-refractivity contribution in [3.05, 3.63) is 60.0 Å². The predicted molar refractivity (Wildman–Crippen MR) is 95.1 cm³/mol. The van der Waals surface area contributed by atoms with Crippen LogP contribution in [0.1, 0.15) is 11.3 Å². The van der Waals surface area contributed by atoms with Gasteiger partial charge in [-0.1, -0.05) is 12.1 Å². The number of aryl methyl sites for hydroxylation is 1. The van der Waals surface area contributed by atoms with Crippen LogP contribution in [0.25, 0.3) is 5.65 Å². The number of ether oxygens (including phenoxy) is 2. The fraction of sp³-hybridized carbons (Fsp3) is 0.263. The molecule has 0 spiro atoms. The summed E-state index contributed by atoms with van der Waals surface area (Å²) in [6.45, 7) is 2.43. The van der Waals surface area contributed by atoms with Gasteiger partial charge in [0.1, 0.15) is 5.65 Å². The van der Waals surface area contributed by atoms with Crippen molar-refractivity contribution in [3.8, 4) is 11.5 Å². The van der Waals surface area contributed by atoms with E-state index in [0.717, 1.165) is 16.9 Å². The fourth-order valence-corrected chi connectivity index (χ4v) is 2.53. The number of pyridine rings is 1. The van der Waals surface area contributed by atoms with Crippen molar-refractivity contribution in [3.63, 3.8) is 0 Å². The molecule has 25 heavy (non-hydrogen) atoms. The van der Waals surface area contributed by atoms with Crippen LogP contribution in [0.3, 0.4) is 0 Å². The molecule has 3 rings (SSSR count). The van der Waals surface area contributed by atoms with Crippen molar-refractivity contribution in [2.75, 3.05) is 20.3 Å². The van der Waals surface area contributed by atoms with E-state index in [1.165, 1.54) is 0 Å². The largest absolute Gasteiger partial charge is 0.493 e. The molecule has 1 amide bonds. The minimum absolute atomic E-state index is 0.0510. The van der Waals surface area contributed by atoms with Gasteiger partial charge in [-0.05, 0) is 36.8 Å². The highest BCUT2D eigenvalue weighted by molar-refractivity contribution is 5.77. The smallest absolute Gasteiger partial charge is 0.257 e. The van der Waals surface area contributed by atoms with Crippen molar-refractivity contribution in [1.82, 2.24) is 14.7 Å². The molecule has 0 aliphatic rings. The molecular weight excluding hydrogens is 318 g/mol. The number of carbonyl (C=O) groups excluding carboxylic acids is 1. The van der Waals surface area contributed by atoms with E-state index in [2.05, 4.69) is 10.3 Å². The molecular formula is C19H21N3O3. The molecule has 0 aliphatic carbocycles. The molecule has 0 saturated carbocycles. The number of benzene rings is 1. The number of rotatable bonds is 7. The average molecular weight is 339 g/mol. The minimum Gasteiger partial charge on any atom is -0.493 e. The number of imidazole rings is 1. The number of carbonyl (C=O) groups is 1. The van der Waals surface area contributed by atoms with Gasteiger partial charge < -0.3 is 19.2 Å². The van der Waals surface area contributed by atoms with Crippen molar-refractivity contribution in [2.24, 2.45) is 0 Å². The average Bonchev–Trinajstić information content (AvgIpc) is 3.03. The number of amides is 1. The van der Waals surface area contributed by atoms with Crippen LogP contribution >= 0.6 is 0 Å². The second kappa shape index (κ2) is 7.70. The summed E-state index contributed by atoms with van der Waals surface area (Å²) < 4.78 is 12.8. The Labute approximate surface area is 146 Å². The van der Waals surface area contributed by atoms with Crippen LogP contribution in [0.5, 0.6) is 11.5 Å². The van der Waals surface area contributed by atoms with Gasteiger partial charge in [-0.3, -0.25) is 4.79 Å². The Morgan fingerprint density at radius 3 is 2.92 bits per heavy atom. The first kappa shape index (κ1) is 16.8. The third-order valence-corrected chi connectivity index (χ3v) is 3.80. The molecule has 1 aromatic carbocycles. The highest BCUT2D eigenvalue weighted by Gasteiger charge is 2.08. The van der Waals surface area contributed by atoms with Crippen LogP contribution in [0, 0.1) is 6.92 Å². The maximum absolute atomic E-state index is 11.9. The van der Waals surface area contributed by atoms with Crippen LogP contribution in [0.2, 0.25) is 0 Å². The molecule has 0 aliphatic heterocycles. The Kier molecular flexibility index (Phi) is 5.18. The second-order valence-electron chi connectivity index (χ2n) is 5.74. The molecule has 0 radical (unpaired) electrons. The first-order chi connectivity index (χ1) is 12.2. The fourth-order valence-electron chi connectivity index (χ4n) is 2.53. The van der Waals surface area contributed by atoms with Crippen molar-refractivity contribution in [1.29, 1.82) is 0 Å². The Morgan fingerprint density at radius 2 is 2.12 bits per heavy atom. The molecule has 130 valence electrons. The number of aromatic nitrogens is 2.